The van der Waals surface area contributed by atoms with Crippen LogP contribution in [0.2, 0.25) is 0 Å². The van der Waals surface area contributed by atoms with Gasteiger partial charge in [-0.05, 0) is 17.9 Å². The number of benzene rings is 1. The van der Waals surface area contributed by atoms with Crippen molar-refractivity contribution < 1.29 is 4.79 Å². The molecule has 0 spiro atoms. The minimum Gasteiger partial charge on any atom is -0.335 e. The third kappa shape index (κ3) is 5.92. The van der Waals surface area contributed by atoms with Crippen molar-refractivity contribution in [2.45, 2.75) is 66.1 Å². The molecule has 8 nitrogen and oxygen atoms in total. The Bertz CT molecular complexity index is 1240. The van der Waals surface area contributed by atoms with Gasteiger partial charge in [0.25, 0.3) is 5.56 Å². The maximum absolute atomic E-state index is 13.1. The number of unbranched alkanes of at least 4 members (excludes halogenated alkanes) is 1. The smallest absolute Gasteiger partial charge is 0.330 e. The zero-order valence-electron chi connectivity index (χ0n) is 20.4. The minimum absolute atomic E-state index is 0.0100. The molecule has 1 N–H and O–H groups in total. The molecule has 182 valence electrons. The molecule has 3 aromatic rings. The highest BCUT2D eigenvalue weighted by molar-refractivity contribution is 5.77. The molecule has 0 aliphatic carbocycles. The van der Waals surface area contributed by atoms with E-state index in [9.17, 15) is 14.4 Å². The van der Waals surface area contributed by atoms with Crippen molar-refractivity contribution in [1.82, 2.24) is 24.0 Å². The van der Waals surface area contributed by atoms with Gasteiger partial charge in [0.15, 0.2) is 11.2 Å². The number of amides is 1. The van der Waals surface area contributed by atoms with Gasteiger partial charge < -0.3 is 9.47 Å². The van der Waals surface area contributed by atoms with Crippen molar-refractivity contribution in [3.63, 3.8) is 0 Å². The lowest BCUT2D eigenvalue weighted by Gasteiger charge is -2.21. The Hall–Kier alpha value is -3.42. The van der Waals surface area contributed by atoms with Gasteiger partial charge in [-0.3, -0.25) is 19.1 Å². The SMILES string of the molecule is C=CCN(Cc1ccccc1)C(=O)CCc1nc2c(c(=O)[nH]c(=O)n2CCCC)n1CC(C)C. The number of rotatable bonds is 12. The van der Waals surface area contributed by atoms with Gasteiger partial charge >= 0.3 is 5.69 Å². The Morgan fingerprint density at radius 2 is 1.94 bits per heavy atom. The minimum atomic E-state index is -0.442. The first kappa shape index (κ1) is 25.2. The standard InChI is InChI=1S/C26H35N5O3/c1-5-7-16-30-24-23(25(33)28-26(30)34)31(17-19(3)4)21(27-24)13-14-22(32)29(15-6-2)18-20-11-9-8-10-12-20/h6,8-12,19H,2,5,7,13-18H2,1,3-4H3,(H,28,33,34). The molecule has 0 saturated heterocycles. The van der Waals surface area contributed by atoms with Gasteiger partial charge in [0, 0.05) is 39.0 Å². The Morgan fingerprint density at radius 3 is 2.59 bits per heavy atom. The van der Waals surface area contributed by atoms with Crippen LogP contribution in [0.5, 0.6) is 0 Å². The second-order valence-corrected chi connectivity index (χ2v) is 9.02. The average molecular weight is 466 g/mol. The van der Waals surface area contributed by atoms with Crippen LogP contribution in [0, 0.1) is 5.92 Å². The van der Waals surface area contributed by atoms with E-state index in [-0.39, 0.29) is 18.2 Å². The molecule has 0 unspecified atom stereocenters. The van der Waals surface area contributed by atoms with Gasteiger partial charge in [-0.1, -0.05) is 63.6 Å². The van der Waals surface area contributed by atoms with Gasteiger partial charge in [-0.15, -0.1) is 6.58 Å². The summed E-state index contributed by atoms with van der Waals surface area (Å²) < 4.78 is 3.42. The number of hydrogen-bond acceptors (Lipinski definition) is 4. The number of fused-ring (bicyclic) bond motifs is 1. The van der Waals surface area contributed by atoms with Gasteiger partial charge in [0.05, 0.1) is 0 Å². The van der Waals surface area contributed by atoms with Crippen LogP contribution in [0.3, 0.4) is 0 Å². The van der Waals surface area contributed by atoms with Crippen molar-refractivity contribution in [2.75, 3.05) is 6.54 Å². The van der Waals surface area contributed by atoms with Crippen LogP contribution in [0.25, 0.3) is 11.2 Å². The lowest BCUT2D eigenvalue weighted by atomic mass is 10.2. The third-order valence-corrected chi connectivity index (χ3v) is 5.73. The highest BCUT2D eigenvalue weighted by atomic mass is 16.2. The molecule has 1 aromatic carbocycles. The molecule has 3 rings (SSSR count). The number of carbonyl (C=O) groups excluding carboxylic acids is 1. The van der Waals surface area contributed by atoms with E-state index < -0.39 is 11.2 Å². The molecule has 0 fully saturated rings. The molecular weight excluding hydrogens is 430 g/mol. The second kappa shape index (κ2) is 11.6. The van der Waals surface area contributed by atoms with Crippen LogP contribution in [-0.2, 0) is 30.8 Å². The van der Waals surface area contributed by atoms with Crippen LogP contribution >= 0.6 is 0 Å². The molecule has 34 heavy (non-hydrogen) atoms. The van der Waals surface area contributed by atoms with Crippen molar-refractivity contribution in [3.8, 4) is 0 Å². The molecule has 0 radical (unpaired) electrons. The van der Waals surface area contributed by atoms with Crippen LogP contribution < -0.4 is 11.2 Å². The molecule has 0 aliphatic heterocycles. The summed E-state index contributed by atoms with van der Waals surface area (Å²) in [7, 11) is 0. The fourth-order valence-electron chi connectivity index (χ4n) is 4.08. The van der Waals surface area contributed by atoms with Crippen LogP contribution in [0.4, 0.5) is 0 Å². The molecule has 0 atom stereocenters. The van der Waals surface area contributed by atoms with Crippen LogP contribution in [0.1, 0.15) is 51.4 Å². The van der Waals surface area contributed by atoms with E-state index in [2.05, 4.69) is 25.4 Å². The number of aromatic nitrogens is 4. The van der Waals surface area contributed by atoms with Crippen molar-refractivity contribution in [3.05, 3.63) is 75.2 Å². The normalized spacial score (nSPS) is 11.3. The number of imidazole rings is 1. The van der Waals surface area contributed by atoms with Gasteiger partial charge in [-0.25, -0.2) is 9.78 Å². The number of nitrogens with zero attached hydrogens (tertiary/aromatic N) is 4. The predicted molar refractivity (Wildman–Crippen MR) is 135 cm³/mol. The summed E-state index contributed by atoms with van der Waals surface area (Å²) in [5, 5.41) is 0. The monoisotopic (exact) mass is 465 g/mol. The van der Waals surface area contributed by atoms with Crippen LogP contribution in [0.15, 0.2) is 52.6 Å². The number of aromatic amines is 1. The zero-order valence-corrected chi connectivity index (χ0v) is 20.4. The first-order chi connectivity index (χ1) is 16.3. The number of carbonyl (C=O) groups is 1. The molecule has 2 heterocycles. The van der Waals surface area contributed by atoms with E-state index in [0.29, 0.717) is 49.6 Å². The maximum Gasteiger partial charge on any atom is 0.330 e. The summed E-state index contributed by atoms with van der Waals surface area (Å²) in [5.74, 6) is 0.901. The quantitative estimate of drug-likeness (QED) is 0.415. The molecular formula is C26H35N5O3. The molecule has 0 aliphatic rings. The fourth-order valence-corrected chi connectivity index (χ4v) is 4.08. The highest BCUT2D eigenvalue weighted by Gasteiger charge is 2.21. The summed E-state index contributed by atoms with van der Waals surface area (Å²) in [6.45, 7) is 12.0. The highest BCUT2D eigenvalue weighted by Crippen LogP contribution is 2.17. The van der Waals surface area contributed by atoms with Crippen molar-refractivity contribution in [2.24, 2.45) is 5.92 Å². The first-order valence-corrected chi connectivity index (χ1v) is 12.0. The summed E-state index contributed by atoms with van der Waals surface area (Å²) in [6, 6.07) is 9.84. The van der Waals surface area contributed by atoms with E-state index >= 15 is 0 Å². The van der Waals surface area contributed by atoms with Gasteiger partial charge in [-0.2, -0.15) is 0 Å². The zero-order chi connectivity index (χ0) is 24.7. The van der Waals surface area contributed by atoms with Crippen LogP contribution in [-0.4, -0.2) is 36.5 Å². The van der Waals surface area contributed by atoms with E-state index in [1.165, 1.54) is 0 Å². The molecule has 0 bridgehead atoms. The molecule has 2 aromatic heterocycles. The van der Waals surface area contributed by atoms with Crippen molar-refractivity contribution >= 4 is 17.1 Å². The Morgan fingerprint density at radius 1 is 1.21 bits per heavy atom. The maximum atomic E-state index is 13.1. The van der Waals surface area contributed by atoms with Gasteiger partial charge in [0.1, 0.15) is 5.82 Å². The summed E-state index contributed by atoms with van der Waals surface area (Å²) >= 11 is 0. The summed E-state index contributed by atoms with van der Waals surface area (Å²) in [5.41, 5.74) is 0.978. The number of nitrogens with one attached hydrogen (secondary N) is 1. The predicted octanol–water partition coefficient (Wildman–Crippen LogP) is 3.49. The Labute approximate surface area is 199 Å². The Kier molecular flexibility index (Phi) is 8.62. The molecule has 8 heteroatoms. The van der Waals surface area contributed by atoms with E-state index in [1.54, 1.807) is 15.5 Å². The molecule has 0 saturated carbocycles. The topological polar surface area (TPSA) is 93.0 Å². The largest absolute Gasteiger partial charge is 0.335 e. The van der Waals surface area contributed by atoms with Gasteiger partial charge in [0.2, 0.25) is 5.91 Å². The number of H-pyrrole nitrogens is 1. The fraction of sp³-hybridized carbons (Fsp3) is 0.462. The van der Waals surface area contributed by atoms with Crippen molar-refractivity contribution in [1.29, 1.82) is 0 Å². The lowest BCUT2D eigenvalue weighted by molar-refractivity contribution is -0.131. The summed E-state index contributed by atoms with van der Waals surface area (Å²) in [6.07, 6.45) is 4.08. The first-order valence-electron chi connectivity index (χ1n) is 12.0. The second-order valence-electron chi connectivity index (χ2n) is 9.02. The lowest BCUT2D eigenvalue weighted by Crippen LogP contribution is -2.31. The number of aryl methyl sites for hydroxylation is 2. The number of hydrogen-bond donors (Lipinski definition) is 1. The average Bonchev–Trinajstić information content (AvgIpc) is 3.15. The third-order valence-electron chi connectivity index (χ3n) is 5.73. The van der Waals surface area contributed by atoms with E-state index in [4.69, 9.17) is 4.98 Å². The Balaban J connectivity index is 1.92. The van der Waals surface area contributed by atoms with E-state index in [0.717, 1.165) is 18.4 Å². The van der Waals surface area contributed by atoms with E-state index in [1.807, 2.05) is 41.8 Å². The summed E-state index contributed by atoms with van der Waals surface area (Å²) in [4.78, 5) is 47.3. The molecule has 1 amide bonds.